The van der Waals surface area contributed by atoms with Crippen molar-refractivity contribution in [3.05, 3.63) is 65.2 Å². The molecule has 0 radical (unpaired) electrons. The Labute approximate surface area is 181 Å². The highest BCUT2D eigenvalue weighted by molar-refractivity contribution is 5.75. The fraction of sp³-hybridized carbons (Fsp3) is 0.500. The van der Waals surface area contributed by atoms with Gasteiger partial charge in [0, 0.05) is 32.4 Å². The van der Waals surface area contributed by atoms with E-state index >= 15 is 0 Å². The van der Waals surface area contributed by atoms with E-state index in [1.54, 1.807) is 0 Å². The number of nitrogens with zero attached hydrogens (tertiary/aromatic N) is 2. The molecule has 1 atom stereocenters. The van der Waals surface area contributed by atoms with Crippen molar-refractivity contribution in [3.8, 4) is 0 Å². The molecule has 4 nitrogen and oxygen atoms in total. The number of aryl methyl sites for hydroxylation is 1. The number of fused-ring (bicyclic) bond motifs is 1. The van der Waals surface area contributed by atoms with Crippen LogP contribution in [0.15, 0.2) is 48.5 Å². The lowest BCUT2D eigenvalue weighted by Gasteiger charge is -2.37. The number of benzene rings is 2. The van der Waals surface area contributed by atoms with Crippen molar-refractivity contribution in [1.82, 2.24) is 10.2 Å². The number of amides is 2. The second kappa shape index (κ2) is 9.55. The Balaban J connectivity index is 1.58. The summed E-state index contributed by atoms with van der Waals surface area (Å²) in [6.07, 6.45) is 9.25. The van der Waals surface area contributed by atoms with Crippen molar-refractivity contribution in [2.24, 2.45) is 0 Å². The van der Waals surface area contributed by atoms with Crippen molar-refractivity contribution < 1.29 is 4.79 Å². The Morgan fingerprint density at radius 1 is 0.933 bits per heavy atom. The van der Waals surface area contributed by atoms with Gasteiger partial charge in [-0.2, -0.15) is 0 Å². The van der Waals surface area contributed by atoms with Gasteiger partial charge in [0.1, 0.15) is 0 Å². The second-order valence-corrected chi connectivity index (χ2v) is 9.08. The molecule has 0 heterocycles. The molecule has 1 N–H and O–H groups in total. The molecule has 1 saturated carbocycles. The zero-order valence-corrected chi connectivity index (χ0v) is 18.4. The molecular weight excluding hydrogens is 370 g/mol. The van der Waals surface area contributed by atoms with E-state index in [0.717, 1.165) is 32.1 Å². The van der Waals surface area contributed by atoms with Crippen molar-refractivity contribution in [3.63, 3.8) is 0 Å². The van der Waals surface area contributed by atoms with Crippen LogP contribution in [0.5, 0.6) is 0 Å². The van der Waals surface area contributed by atoms with E-state index in [1.165, 1.54) is 41.6 Å². The van der Waals surface area contributed by atoms with Crippen LogP contribution in [-0.2, 0) is 13.0 Å². The molecule has 2 aliphatic rings. The standard InChI is InChI=1S/C26H35N3O/c1-28(2)23-17-15-20(16-18-23)19-29(26(30)27-22-11-4-3-5-12-22)25-14-8-10-21-9-6-7-13-24(21)25/h6-7,9,13,15-18,22,25H,3-5,8,10-12,14,19H2,1-2H3,(H,27,30). The van der Waals surface area contributed by atoms with Gasteiger partial charge in [-0.25, -0.2) is 4.79 Å². The van der Waals surface area contributed by atoms with E-state index in [2.05, 4.69) is 77.7 Å². The van der Waals surface area contributed by atoms with Gasteiger partial charge in [0.25, 0.3) is 0 Å². The van der Waals surface area contributed by atoms with Gasteiger partial charge in [-0.15, -0.1) is 0 Å². The molecule has 30 heavy (non-hydrogen) atoms. The topological polar surface area (TPSA) is 35.6 Å². The van der Waals surface area contributed by atoms with Gasteiger partial charge >= 0.3 is 6.03 Å². The van der Waals surface area contributed by atoms with E-state index in [9.17, 15) is 4.79 Å². The maximum absolute atomic E-state index is 13.5. The summed E-state index contributed by atoms with van der Waals surface area (Å²) in [7, 11) is 4.11. The molecule has 2 amide bonds. The third-order valence-electron chi connectivity index (χ3n) is 6.71. The number of nitrogens with one attached hydrogen (secondary N) is 1. The molecule has 160 valence electrons. The van der Waals surface area contributed by atoms with Crippen molar-refractivity contribution in [2.45, 2.75) is 70.0 Å². The summed E-state index contributed by atoms with van der Waals surface area (Å²) >= 11 is 0. The van der Waals surface area contributed by atoms with Gasteiger partial charge in [0.05, 0.1) is 6.04 Å². The van der Waals surface area contributed by atoms with Crippen molar-refractivity contribution >= 4 is 11.7 Å². The monoisotopic (exact) mass is 405 g/mol. The van der Waals surface area contributed by atoms with Crippen LogP contribution in [0.25, 0.3) is 0 Å². The van der Waals surface area contributed by atoms with E-state index in [0.29, 0.717) is 12.6 Å². The quantitative estimate of drug-likeness (QED) is 0.695. The van der Waals surface area contributed by atoms with Gasteiger partial charge in [-0.1, -0.05) is 55.7 Å². The Hall–Kier alpha value is -2.49. The summed E-state index contributed by atoms with van der Waals surface area (Å²) < 4.78 is 0. The SMILES string of the molecule is CN(C)c1ccc(CN(C(=O)NC2CCCCC2)C2CCCc3ccccc32)cc1. The Morgan fingerprint density at radius 3 is 2.40 bits per heavy atom. The molecule has 4 heteroatoms. The van der Waals surface area contributed by atoms with Crippen LogP contribution in [0.3, 0.4) is 0 Å². The molecule has 4 rings (SSSR count). The zero-order valence-electron chi connectivity index (χ0n) is 18.4. The first kappa shape index (κ1) is 20.8. The molecule has 2 aliphatic carbocycles. The van der Waals surface area contributed by atoms with Crippen LogP contribution >= 0.6 is 0 Å². The van der Waals surface area contributed by atoms with Crippen LogP contribution in [-0.4, -0.2) is 31.1 Å². The van der Waals surface area contributed by atoms with Gasteiger partial charge in [0.2, 0.25) is 0 Å². The third kappa shape index (κ3) is 4.80. The smallest absolute Gasteiger partial charge is 0.318 e. The first-order chi connectivity index (χ1) is 14.6. The lowest BCUT2D eigenvalue weighted by Crippen LogP contribution is -2.47. The molecule has 1 unspecified atom stereocenters. The highest BCUT2D eigenvalue weighted by Crippen LogP contribution is 2.35. The molecule has 0 spiro atoms. The van der Waals surface area contributed by atoms with Crippen LogP contribution in [0, 0.1) is 0 Å². The summed E-state index contributed by atoms with van der Waals surface area (Å²) in [4.78, 5) is 17.7. The predicted molar refractivity (Wildman–Crippen MR) is 124 cm³/mol. The van der Waals surface area contributed by atoms with Gasteiger partial charge in [0.15, 0.2) is 0 Å². The van der Waals surface area contributed by atoms with E-state index < -0.39 is 0 Å². The fourth-order valence-corrected chi connectivity index (χ4v) is 4.98. The number of anilines is 1. The van der Waals surface area contributed by atoms with Crippen LogP contribution < -0.4 is 10.2 Å². The molecule has 0 aromatic heterocycles. The highest BCUT2D eigenvalue weighted by Gasteiger charge is 2.30. The minimum atomic E-state index is 0.0975. The minimum Gasteiger partial charge on any atom is -0.378 e. The van der Waals surface area contributed by atoms with Crippen LogP contribution in [0.4, 0.5) is 10.5 Å². The number of rotatable bonds is 5. The summed E-state index contributed by atoms with van der Waals surface area (Å²) in [5, 5.41) is 3.38. The molecule has 0 bridgehead atoms. The van der Waals surface area contributed by atoms with E-state index in [4.69, 9.17) is 0 Å². The van der Waals surface area contributed by atoms with Crippen LogP contribution in [0.2, 0.25) is 0 Å². The maximum Gasteiger partial charge on any atom is 0.318 e. The molecule has 0 saturated heterocycles. The fourth-order valence-electron chi connectivity index (χ4n) is 4.98. The maximum atomic E-state index is 13.5. The zero-order chi connectivity index (χ0) is 20.9. The summed E-state index contributed by atoms with van der Waals surface area (Å²) in [6.45, 7) is 0.644. The molecule has 1 fully saturated rings. The lowest BCUT2D eigenvalue weighted by atomic mass is 9.86. The summed E-state index contributed by atoms with van der Waals surface area (Å²) in [5.41, 5.74) is 5.09. The second-order valence-electron chi connectivity index (χ2n) is 9.08. The average Bonchev–Trinajstić information content (AvgIpc) is 2.78. The third-order valence-corrected chi connectivity index (χ3v) is 6.71. The van der Waals surface area contributed by atoms with Crippen molar-refractivity contribution in [1.29, 1.82) is 0 Å². The average molecular weight is 406 g/mol. The van der Waals surface area contributed by atoms with Gasteiger partial charge in [-0.3, -0.25) is 0 Å². The summed E-state index contributed by atoms with van der Waals surface area (Å²) in [6, 6.07) is 17.8. The number of carbonyl (C=O) groups is 1. The predicted octanol–water partition coefficient (Wildman–Crippen LogP) is 5.67. The van der Waals surface area contributed by atoms with Crippen LogP contribution in [0.1, 0.15) is 67.7 Å². The van der Waals surface area contributed by atoms with E-state index in [1.807, 2.05) is 0 Å². The number of carbonyl (C=O) groups excluding carboxylic acids is 1. The molecule has 2 aromatic carbocycles. The van der Waals surface area contributed by atoms with Gasteiger partial charge < -0.3 is 15.1 Å². The number of hydrogen-bond donors (Lipinski definition) is 1. The Morgan fingerprint density at radius 2 is 1.67 bits per heavy atom. The van der Waals surface area contributed by atoms with Crippen molar-refractivity contribution in [2.75, 3.05) is 19.0 Å². The molecular formula is C26H35N3O. The normalized spacial score (nSPS) is 19.1. The Bertz CT molecular complexity index is 840. The molecule has 0 aliphatic heterocycles. The minimum absolute atomic E-state index is 0.0975. The highest BCUT2D eigenvalue weighted by atomic mass is 16.2. The number of urea groups is 1. The van der Waals surface area contributed by atoms with E-state index in [-0.39, 0.29) is 12.1 Å². The lowest BCUT2D eigenvalue weighted by molar-refractivity contribution is 0.156. The molecule has 2 aromatic rings. The largest absolute Gasteiger partial charge is 0.378 e. The Kier molecular flexibility index (Phi) is 6.61. The van der Waals surface area contributed by atoms with Gasteiger partial charge in [-0.05, 0) is 60.9 Å². The first-order valence-electron chi connectivity index (χ1n) is 11.5. The summed E-state index contributed by atoms with van der Waals surface area (Å²) in [5.74, 6) is 0. The first-order valence-corrected chi connectivity index (χ1v) is 11.5. The number of hydrogen-bond acceptors (Lipinski definition) is 2.